The van der Waals surface area contributed by atoms with E-state index in [9.17, 15) is 4.79 Å². The Morgan fingerprint density at radius 2 is 1.84 bits per heavy atom. The molecule has 1 aliphatic carbocycles. The number of ether oxygens (including phenoxy) is 4. The first kappa shape index (κ1) is 15.1. The Bertz CT molecular complexity index is 793. The van der Waals surface area contributed by atoms with Crippen molar-refractivity contribution in [3.05, 3.63) is 40.8 Å². The van der Waals surface area contributed by atoms with E-state index in [1.165, 1.54) is 0 Å². The number of carbonyl (C=O) groups is 1. The zero-order valence-electron chi connectivity index (χ0n) is 14.7. The zero-order valence-corrected chi connectivity index (χ0v) is 14.7. The first-order chi connectivity index (χ1) is 11.9. The van der Waals surface area contributed by atoms with Crippen LogP contribution >= 0.6 is 0 Å². The van der Waals surface area contributed by atoms with Crippen LogP contribution in [-0.4, -0.2) is 24.0 Å². The Morgan fingerprint density at radius 1 is 1.08 bits per heavy atom. The van der Waals surface area contributed by atoms with E-state index in [-0.39, 0.29) is 30.0 Å². The first-order valence-corrected chi connectivity index (χ1v) is 9.03. The predicted molar refractivity (Wildman–Crippen MR) is 88.8 cm³/mol. The molecule has 0 amide bonds. The predicted octanol–water partition coefficient (Wildman–Crippen LogP) is 3.56. The molecule has 4 atom stereocenters. The molecular weight excluding hydrogens is 320 g/mol. The van der Waals surface area contributed by atoms with Crippen LogP contribution in [0.15, 0.2) is 29.7 Å². The quantitative estimate of drug-likeness (QED) is 0.675. The summed E-state index contributed by atoms with van der Waals surface area (Å²) in [6, 6.07) is 6.18. The Morgan fingerprint density at radius 3 is 2.64 bits per heavy atom. The van der Waals surface area contributed by atoms with Crippen LogP contribution < -0.4 is 4.74 Å². The van der Waals surface area contributed by atoms with Gasteiger partial charge in [0, 0.05) is 31.2 Å². The molecule has 3 aliphatic heterocycles. The van der Waals surface area contributed by atoms with Crippen LogP contribution in [0.1, 0.15) is 50.2 Å². The number of cyclic esters (lactones) is 1. The Hall–Kier alpha value is -2.17. The minimum Gasteiger partial charge on any atom is -0.490 e. The van der Waals surface area contributed by atoms with Crippen molar-refractivity contribution >= 4 is 5.97 Å². The third kappa shape index (κ3) is 2.17. The average Bonchev–Trinajstić information content (AvgIpc) is 2.53. The van der Waals surface area contributed by atoms with Crippen molar-refractivity contribution in [3.63, 3.8) is 0 Å². The fourth-order valence-corrected chi connectivity index (χ4v) is 4.72. The SMILES string of the molecule is Cc1ccc2c(c1)[C@H]1C3=C(O[C@H]4CCC[C@@H](O2)[C@H]41)OC(C)(C)OC3=O. The van der Waals surface area contributed by atoms with Crippen LogP contribution in [0.25, 0.3) is 0 Å². The van der Waals surface area contributed by atoms with Crippen LogP contribution in [0.2, 0.25) is 0 Å². The van der Waals surface area contributed by atoms with Crippen molar-refractivity contribution in [1.29, 1.82) is 0 Å². The summed E-state index contributed by atoms with van der Waals surface area (Å²) in [7, 11) is 0. The van der Waals surface area contributed by atoms with E-state index in [2.05, 4.69) is 13.0 Å². The summed E-state index contributed by atoms with van der Waals surface area (Å²) >= 11 is 0. The minimum absolute atomic E-state index is 0.0119. The lowest BCUT2D eigenvalue weighted by atomic mass is 9.67. The van der Waals surface area contributed by atoms with Gasteiger partial charge in [0.25, 0.3) is 11.7 Å². The summed E-state index contributed by atoms with van der Waals surface area (Å²) in [5.41, 5.74) is 2.71. The van der Waals surface area contributed by atoms with Gasteiger partial charge in [-0.1, -0.05) is 17.7 Å². The maximum atomic E-state index is 12.8. The third-order valence-corrected chi connectivity index (χ3v) is 5.69. The number of benzene rings is 1. The number of rotatable bonds is 0. The second kappa shape index (κ2) is 4.93. The van der Waals surface area contributed by atoms with Crippen molar-refractivity contribution in [2.24, 2.45) is 5.92 Å². The van der Waals surface area contributed by atoms with Gasteiger partial charge in [-0.25, -0.2) is 4.79 Å². The van der Waals surface area contributed by atoms with Gasteiger partial charge in [0.05, 0.1) is 0 Å². The molecule has 1 fully saturated rings. The van der Waals surface area contributed by atoms with E-state index in [1.54, 1.807) is 13.8 Å². The van der Waals surface area contributed by atoms with E-state index in [4.69, 9.17) is 18.9 Å². The largest absolute Gasteiger partial charge is 0.490 e. The second-order valence-corrected chi connectivity index (χ2v) is 7.93. The summed E-state index contributed by atoms with van der Waals surface area (Å²) < 4.78 is 23.9. The average molecular weight is 342 g/mol. The van der Waals surface area contributed by atoms with E-state index in [0.717, 1.165) is 36.1 Å². The lowest BCUT2D eigenvalue weighted by Gasteiger charge is -2.50. The second-order valence-electron chi connectivity index (χ2n) is 7.93. The van der Waals surface area contributed by atoms with Crippen LogP contribution in [0.3, 0.4) is 0 Å². The molecule has 0 radical (unpaired) electrons. The fourth-order valence-electron chi connectivity index (χ4n) is 4.72. The summed E-state index contributed by atoms with van der Waals surface area (Å²) in [5.74, 6) is -0.0949. The number of carbonyl (C=O) groups excluding carboxylic acids is 1. The van der Waals surface area contributed by atoms with Gasteiger partial charge < -0.3 is 18.9 Å². The van der Waals surface area contributed by atoms with Crippen molar-refractivity contribution in [2.75, 3.05) is 0 Å². The van der Waals surface area contributed by atoms with E-state index in [1.807, 2.05) is 12.1 Å². The molecule has 0 aromatic heterocycles. The van der Waals surface area contributed by atoms with Gasteiger partial charge in [-0.2, -0.15) is 0 Å². The molecule has 0 saturated heterocycles. The van der Waals surface area contributed by atoms with Crippen LogP contribution in [0.5, 0.6) is 5.75 Å². The highest BCUT2D eigenvalue weighted by molar-refractivity contribution is 5.92. The molecule has 1 saturated carbocycles. The molecule has 1 aromatic rings. The molecule has 5 heteroatoms. The molecule has 4 aliphatic rings. The van der Waals surface area contributed by atoms with Crippen molar-refractivity contribution in [1.82, 2.24) is 0 Å². The fraction of sp³-hybridized carbons (Fsp3) is 0.550. The molecule has 132 valence electrons. The maximum absolute atomic E-state index is 12.8. The molecule has 1 aromatic carbocycles. The molecule has 0 bridgehead atoms. The Labute approximate surface area is 146 Å². The lowest BCUT2D eigenvalue weighted by Crippen LogP contribution is -2.53. The molecule has 5 nitrogen and oxygen atoms in total. The lowest BCUT2D eigenvalue weighted by molar-refractivity contribution is -0.243. The monoisotopic (exact) mass is 342 g/mol. The van der Waals surface area contributed by atoms with Crippen LogP contribution in [0, 0.1) is 12.8 Å². The summed E-state index contributed by atoms with van der Waals surface area (Å²) in [6.07, 6.45) is 3.07. The van der Waals surface area contributed by atoms with E-state index >= 15 is 0 Å². The highest BCUT2D eigenvalue weighted by Gasteiger charge is 2.56. The van der Waals surface area contributed by atoms with Crippen molar-refractivity contribution in [3.8, 4) is 5.75 Å². The summed E-state index contributed by atoms with van der Waals surface area (Å²) in [5, 5.41) is 0. The number of hydrogen-bond donors (Lipinski definition) is 0. The zero-order chi connectivity index (χ0) is 17.3. The summed E-state index contributed by atoms with van der Waals surface area (Å²) in [6.45, 7) is 5.52. The van der Waals surface area contributed by atoms with Crippen LogP contribution in [0.4, 0.5) is 0 Å². The summed E-state index contributed by atoms with van der Waals surface area (Å²) in [4.78, 5) is 12.8. The smallest absolute Gasteiger partial charge is 0.345 e. The third-order valence-electron chi connectivity index (χ3n) is 5.69. The highest BCUT2D eigenvalue weighted by atomic mass is 16.8. The van der Waals surface area contributed by atoms with Gasteiger partial charge >= 0.3 is 5.97 Å². The molecular formula is C20H22O5. The minimum atomic E-state index is -1.00. The molecule has 0 unspecified atom stereocenters. The normalized spacial score (nSPS) is 34.4. The van der Waals surface area contributed by atoms with Gasteiger partial charge in [0.1, 0.15) is 23.5 Å². The number of fused-ring (bicyclic) bond motifs is 3. The maximum Gasteiger partial charge on any atom is 0.345 e. The Balaban J connectivity index is 1.72. The van der Waals surface area contributed by atoms with Crippen molar-refractivity contribution in [2.45, 2.75) is 63.9 Å². The molecule has 0 spiro atoms. The topological polar surface area (TPSA) is 54.0 Å². The van der Waals surface area contributed by atoms with E-state index < -0.39 is 5.79 Å². The van der Waals surface area contributed by atoms with Gasteiger partial charge in [-0.05, 0) is 32.3 Å². The van der Waals surface area contributed by atoms with Gasteiger partial charge in [-0.15, -0.1) is 0 Å². The molecule has 3 heterocycles. The molecule has 25 heavy (non-hydrogen) atoms. The highest BCUT2D eigenvalue weighted by Crippen LogP contribution is 2.55. The number of aryl methyl sites for hydroxylation is 1. The van der Waals surface area contributed by atoms with Crippen LogP contribution in [-0.2, 0) is 19.0 Å². The van der Waals surface area contributed by atoms with Gasteiger partial charge in [-0.3, -0.25) is 0 Å². The standard InChI is InChI=1S/C20H22O5/c1-10-7-8-12-11(9-10)15-16-13(22-12)5-4-6-14(16)23-19-17(15)18(21)24-20(2,3)25-19/h7-9,13-16H,4-6H2,1-3H3/t13-,14+,15-,16-/m1/s1. The number of esters is 1. The molecule has 5 rings (SSSR count). The van der Waals surface area contributed by atoms with Gasteiger partial charge in [0.2, 0.25) is 0 Å². The number of hydrogen-bond acceptors (Lipinski definition) is 5. The first-order valence-electron chi connectivity index (χ1n) is 9.03. The van der Waals surface area contributed by atoms with Crippen molar-refractivity contribution < 1.29 is 23.7 Å². The van der Waals surface area contributed by atoms with Gasteiger partial charge in [0.15, 0.2) is 0 Å². The molecule has 0 N–H and O–H groups in total. The van der Waals surface area contributed by atoms with E-state index in [0.29, 0.717) is 11.5 Å². The Kier molecular flexibility index (Phi) is 2.98.